The van der Waals surface area contributed by atoms with Crippen LogP contribution >= 0.6 is 0 Å². The van der Waals surface area contributed by atoms with Gasteiger partial charge in [-0.2, -0.15) is 0 Å². The smallest absolute Gasteiger partial charge is 0.220 e. The van der Waals surface area contributed by atoms with E-state index in [0.717, 1.165) is 29.9 Å². The number of aliphatic hydroxyl groups excluding tert-OH is 1. The zero-order valence-electron chi connectivity index (χ0n) is 12.2. The Morgan fingerprint density at radius 2 is 2.00 bits per heavy atom. The molecule has 1 aromatic rings. The Morgan fingerprint density at radius 1 is 1.37 bits per heavy atom. The van der Waals surface area contributed by atoms with Crippen LogP contribution < -0.4 is 5.32 Å². The lowest BCUT2D eigenvalue weighted by molar-refractivity contribution is -0.123. The normalized spacial score (nSPS) is 11.6. The van der Waals surface area contributed by atoms with Crippen molar-refractivity contribution in [2.75, 3.05) is 6.61 Å². The highest BCUT2D eigenvalue weighted by atomic mass is 16.5. The molecule has 5 heteroatoms. The second-order valence-corrected chi connectivity index (χ2v) is 5.00. The molecule has 1 rings (SSSR count). The summed E-state index contributed by atoms with van der Waals surface area (Å²) >= 11 is 0. The molecule has 0 saturated carbocycles. The molecule has 0 unspecified atom stereocenters. The van der Waals surface area contributed by atoms with Crippen LogP contribution in [0.5, 0.6) is 0 Å². The van der Waals surface area contributed by atoms with Gasteiger partial charge < -0.3 is 14.9 Å². The second-order valence-electron chi connectivity index (χ2n) is 5.00. The maximum absolute atomic E-state index is 12.0. The van der Waals surface area contributed by atoms with Gasteiger partial charge in [-0.25, -0.2) is 0 Å². The van der Waals surface area contributed by atoms with Crippen LogP contribution in [0.25, 0.3) is 0 Å². The Morgan fingerprint density at radius 3 is 2.42 bits per heavy atom. The standard InChI is InChI=1S/C14H24N2O3/c1-5-14(6-2,9-17)15-13(18)8-7-12-10(3)16-19-11(12)4/h17H,5-9H2,1-4H3,(H,15,18). The zero-order valence-corrected chi connectivity index (χ0v) is 12.2. The average Bonchev–Trinajstić information content (AvgIpc) is 2.73. The van der Waals surface area contributed by atoms with E-state index in [9.17, 15) is 9.90 Å². The number of nitrogens with zero attached hydrogens (tertiary/aromatic N) is 1. The second kappa shape index (κ2) is 6.70. The van der Waals surface area contributed by atoms with Gasteiger partial charge >= 0.3 is 0 Å². The number of carbonyl (C=O) groups excluding carboxylic acids is 1. The molecule has 0 saturated heterocycles. The molecular formula is C14H24N2O3. The van der Waals surface area contributed by atoms with Crippen molar-refractivity contribution >= 4 is 5.91 Å². The van der Waals surface area contributed by atoms with Gasteiger partial charge in [-0.05, 0) is 33.1 Å². The van der Waals surface area contributed by atoms with Gasteiger partial charge in [0.15, 0.2) is 0 Å². The molecule has 5 nitrogen and oxygen atoms in total. The quantitative estimate of drug-likeness (QED) is 0.792. The lowest BCUT2D eigenvalue weighted by atomic mass is 9.93. The first-order valence-electron chi connectivity index (χ1n) is 6.81. The largest absolute Gasteiger partial charge is 0.394 e. The van der Waals surface area contributed by atoms with Crippen molar-refractivity contribution in [1.82, 2.24) is 10.5 Å². The molecule has 0 fully saturated rings. The summed E-state index contributed by atoms with van der Waals surface area (Å²) in [4.78, 5) is 12.0. The maximum atomic E-state index is 12.0. The number of hydrogen-bond acceptors (Lipinski definition) is 4. The van der Waals surface area contributed by atoms with Gasteiger partial charge in [0, 0.05) is 12.0 Å². The first kappa shape index (κ1) is 15.7. The Balaban J connectivity index is 2.57. The third-order valence-electron chi connectivity index (χ3n) is 3.84. The van der Waals surface area contributed by atoms with Gasteiger partial charge in [-0.3, -0.25) is 4.79 Å². The van der Waals surface area contributed by atoms with Crippen molar-refractivity contribution in [3.05, 3.63) is 17.0 Å². The molecule has 1 amide bonds. The molecule has 0 aliphatic heterocycles. The highest BCUT2D eigenvalue weighted by Gasteiger charge is 2.27. The van der Waals surface area contributed by atoms with Crippen LogP contribution in [0.3, 0.4) is 0 Å². The summed E-state index contributed by atoms with van der Waals surface area (Å²) in [6, 6.07) is 0. The summed E-state index contributed by atoms with van der Waals surface area (Å²) in [6.45, 7) is 7.63. The Hall–Kier alpha value is -1.36. The number of aromatic nitrogens is 1. The Bertz CT molecular complexity index is 395. The number of nitrogens with one attached hydrogen (secondary N) is 1. The molecule has 0 aliphatic carbocycles. The van der Waals surface area contributed by atoms with Gasteiger partial charge in [-0.15, -0.1) is 0 Å². The van der Waals surface area contributed by atoms with Crippen LogP contribution in [0, 0.1) is 13.8 Å². The third kappa shape index (κ3) is 3.80. The number of aryl methyl sites for hydroxylation is 2. The highest BCUT2D eigenvalue weighted by Crippen LogP contribution is 2.17. The zero-order chi connectivity index (χ0) is 14.5. The van der Waals surface area contributed by atoms with Crippen LogP contribution in [-0.2, 0) is 11.2 Å². The van der Waals surface area contributed by atoms with E-state index in [0.29, 0.717) is 12.8 Å². The maximum Gasteiger partial charge on any atom is 0.220 e. The number of rotatable bonds is 7. The third-order valence-corrected chi connectivity index (χ3v) is 3.84. The molecule has 108 valence electrons. The van der Waals surface area contributed by atoms with Crippen LogP contribution in [0.2, 0.25) is 0 Å². The van der Waals surface area contributed by atoms with Crippen molar-refractivity contribution in [3.63, 3.8) is 0 Å². The SMILES string of the molecule is CCC(CC)(CO)NC(=O)CCc1c(C)noc1C. The van der Waals surface area contributed by atoms with E-state index in [2.05, 4.69) is 10.5 Å². The molecule has 2 N–H and O–H groups in total. The van der Waals surface area contributed by atoms with Crippen LogP contribution in [-0.4, -0.2) is 28.3 Å². The molecule has 0 bridgehead atoms. The van der Waals surface area contributed by atoms with Crippen molar-refractivity contribution in [3.8, 4) is 0 Å². The van der Waals surface area contributed by atoms with Gasteiger partial charge in [0.25, 0.3) is 0 Å². The highest BCUT2D eigenvalue weighted by molar-refractivity contribution is 5.77. The lowest BCUT2D eigenvalue weighted by Gasteiger charge is -2.30. The number of aliphatic hydroxyl groups is 1. The molecular weight excluding hydrogens is 244 g/mol. The summed E-state index contributed by atoms with van der Waals surface area (Å²) in [5.74, 6) is 0.724. The van der Waals surface area contributed by atoms with Crippen LogP contribution in [0.15, 0.2) is 4.52 Å². The van der Waals surface area contributed by atoms with Crippen molar-refractivity contribution in [2.45, 2.75) is 58.9 Å². The van der Waals surface area contributed by atoms with E-state index in [1.54, 1.807) is 0 Å². The van der Waals surface area contributed by atoms with E-state index in [1.807, 2.05) is 27.7 Å². The molecule has 1 heterocycles. The van der Waals surface area contributed by atoms with Gasteiger partial charge in [0.05, 0.1) is 17.8 Å². The fraction of sp³-hybridized carbons (Fsp3) is 0.714. The summed E-state index contributed by atoms with van der Waals surface area (Å²) in [5.41, 5.74) is 1.35. The predicted molar refractivity (Wildman–Crippen MR) is 72.8 cm³/mol. The summed E-state index contributed by atoms with van der Waals surface area (Å²) in [5, 5.41) is 16.2. The van der Waals surface area contributed by atoms with Crippen LogP contribution in [0.1, 0.15) is 50.1 Å². The molecule has 0 aliphatic rings. The predicted octanol–water partition coefficient (Wildman–Crippen LogP) is 1.89. The molecule has 1 aromatic heterocycles. The average molecular weight is 268 g/mol. The first-order chi connectivity index (χ1) is 8.98. The van der Waals surface area contributed by atoms with E-state index in [-0.39, 0.29) is 12.5 Å². The van der Waals surface area contributed by atoms with E-state index >= 15 is 0 Å². The fourth-order valence-corrected chi connectivity index (χ4v) is 2.15. The number of hydrogen-bond donors (Lipinski definition) is 2. The van der Waals surface area contributed by atoms with Crippen LogP contribution in [0.4, 0.5) is 0 Å². The Kier molecular flexibility index (Phi) is 5.54. The lowest BCUT2D eigenvalue weighted by Crippen LogP contribution is -2.50. The van der Waals surface area contributed by atoms with Crippen molar-refractivity contribution in [2.24, 2.45) is 0 Å². The molecule has 19 heavy (non-hydrogen) atoms. The number of carbonyl (C=O) groups is 1. The molecule has 0 atom stereocenters. The van der Waals surface area contributed by atoms with E-state index in [4.69, 9.17) is 4.52 Å². The van der Waals surface area contributed by atoms with Gasteiger partial charge in [-0.1, -0.05) is 19.0 Å². The molecule has 0 radical (unpaired) electrons. The minimum absolute atomic E-state index is 0.0307. The van der Waals surface area contributed by atoms with Gasteiger partial charge in [0.2, 0.25) is 5.91 Å². The monoisotopic (exact) mass is 268 g/mol. The summed E-state index contributed by atoms with van der Waals surface area (Å²) < 4.78 is 5.07. The van der Waals surface area contributed by atoms with Crippen molar-refractivity contribution in [1.29, 1.82) is 0 Å². The summed E-state index contributed by atoms with van der Waals surface area (Å²) in [6.07, 6.45) is 2.43. The van der Waals surface area contributed by atoms with E-state index < -0.39 is 5.54 Å². The fourth-order valence-electron chi connectivity index (χ4n) is 2.15. The van der Waals surface area contributed by atoms with Gasteiger partial charge in [0.1, 0.15) is 5.76 Å². The number of amides is 1. The molecule has 0 spiro atoms. The topological polar surface area (TPSA) is 75.4 Å². The Labute approximate surface area is 114 Å². The van der Waals surface area contributed by atoms with E-state index in [1.165, 1.54) is 0 Å². The minimum Gasteiger partial charge on any atom is -0.394 e. The summed E-state index contributed by atoms with van der Waals surface area (Å²) in [7, 11) is 0. The first-order valence-corrected chi connectivity index (χ1v) is 6.81. The minimum atomic E-state index is -0.490. The van der Waals surface area contributed by atoms with Crippen molar-refractivity contribution < 1.29 is 14.4 Å². The molecule has 0 aromatic carbocycles.